The molecule has 0 bridgehead atoms. The van der Waals surface area contributed by atoms with E-state index in [4.69, 9.17) is 15.4 Å². The maximum Gasteiger partial charge on any atom is 0.298 e. The zero-order valence-electron chi connectivity index (χ0n) is 8.61. The summed E-state index contributed by atoms with van der Waals surface area (Å²) in [6.07, 6.45) is 0.420. The van der Waals surface area contributed by atoms with Crippen molar-refractivity contribution < 1.29 is 13.2 Å². The fraction of sp³-hybridized carbons (Fsp3) is 0.714. The van der Waals surface area contributed by atoms with E-state index in [1.807, 2.05) is 13.8 Å². The van der Waals surface area contributed by atoms with Crippen molar-refractivity contribution in [3.8, 4) is 0 Å². The number of H-pyrrole nitrogens is 1. The molecule has 0 amide bonds. The Morgan fingerprint density at radius 2 is 2.13 bits per heavy atom. The number of ether oxygens (including phenoxy) is 1. The molecule has 0 saturated carbocycles. The molecule has 0 aliphatic heterocycles. The summed E-state index contributed by atoms with van der Waals surface area (Å²) in [5.41, 5.74) is -0.438. The van der Waals surface area contributed by atoms with Crippen LogP contribution in [0.5, 0.6) is 0 Å². The highest BCUT2D eigenvalue weighted by Gasteiger charge is 2.22. The van der Waals surface area contributed by atoms with Gasteiger partial charge < -0.3 is 4.74 Å². The Hall–Kier alpha value is -0.660. The summed E-state index contributed by atoms with van der Waals surface area (Å²) in [5, 5.41) is 5.58. The molecule has 1 rings (SSSR count). The predicted molar refractivity (Wildman–Crippen MR) is 54.2 cm³/mol. The van der Waals surface area contributed by atoms with E-state index in [1.54, 1.807) is 7.11 Å². The van der Waals surface area contributed by atoms with Gasteiger partial charge >= 0.3 is 0 Å². The average molecular weight is 254 g/mol. The van der Waals surface area contributed by atoms with Gasteiger partial charge in [0, 0.05) is 24.2 Å². The third-order valence-electron chi connectivity index (χ3n) is 1.88. The second-order valence-electron chi connectivity index (χ2n) is 3.64. The first-order chi connectivity index (χ1) is 6.74. The van der Waals surface area contributed by atoms with E-state index >= 15 is 0 Å². The van der Waals surface area contributed by atoms with Crippen LogP contribution in [0.1, 0.15) is 19.7 Å². The fourth-order valence-electron chi connectivity index (χ4n) is 0.941. The monoisotopic (exact) mass is 253 g/mol. The summed E-state index contributed by atoms with van der Waals surface area (Å²) in [7, 11) is 2.77. The van der Waals surface area contributed by atoms with Crippen LogP contribution < -0.4 is 0 Å². The summed E-state index contributed by atoms with van der Waals surface area (Å²) < 4.78 is 26.9. The molecule has 0 aliphatic rings. The van der Waals surface area contributed by atoms with Gasteiger partial charge in [-0.1, -0.05) is 0 Å². The summed E-state index contributed by atoms with van der Waals surface area (Å²) in [5.74, 6) is 0.418. The quantitative estimate of drug-likeness (QED) is 0.799. The molecule has 6 nitrogen and oxygen atoms in total. The van der Waals surface area contributed by atoms with E-state index in [9.17, 15) is 8.42 Å². The lowest BCUT2D eigenvalue weighted by atomic mass is 10.1. The van der Waals surface area contributed by atoms with Crippen molar-refractivity contribution in [1.82, 2.24) is 15.2 Å². The van der Waals surface area contributed by atoms with Gasteiger partial charge in [-0.05, 0) is 13.8 Å². The van der Waals surface area contributed by atoms with Crippen molar-refractivity contribution in [3.63, 3.8) is 0 Å². The third kappa shape index (κ3) is 3.44. The number of methoxy groups -OCH3 is 1. The molecule has 8 heteroatoms. The van der Waals surface area contributed by atoms with Gasteiger partial charge in [-0.15, -0.1) is 5.10 Å². The summed E-state index contributed by atoms with van der Waals surface area (Å²) in [6.45, 7) is 3.70. The molecular formula is C7H12ClN3O3S. The van der Waals surface area contributed by atoms with Crippen LogP contribution in [0.4, 0.5) is 0 Å². The minimum atomic E-state index is -3.87. The standard InChI is InChI=1S/C7H12ClN3O3S/c1-7(2,14-3)4-5-9-6(11-10-5)15(8,12)13/h4H2,1-3H3,(H,9,10,11). The molecule has 0 unspecified atom stereocenters. The number of aromatic nitrogens is 3. The lowest BCUT2D eigenvalue weighted by molar-refractivity contribution is 0.0216. The van der Waals surface area contributed by atoms with Crippen molar-refractivity contribution >= 4 is 19.7 Å². The molecular weight excluding hydrogens is 242 g/mol. The van der Waals surface area contributed by atoms with E-state index in [1.165, 1.54) is 0 Å². The first kappa shape index (κ1) is 12.4. The first-order valence-corrected chi connectivity index (χ1v) is 6.47. The molecule has 1 N–H and O–H groups in total. The molecule has 0 atom stereocenters. The number of halogens is 1. The van der Waals surface area contributed by atoms with Gasteiger partial charge in [0.15, 0.2) is 0 Å². The Balaban J connectivity index is 2.87. The van der Waals surface area contributed by atoms with E-state index in [2.05, 4.69) is 15.2 Å². The van der Waals surface area contributed by atoms with Crippen LogP contribution in [-0.4, -0.2) is 36.3 Å². The molecule has 0 saturated heterocycles. The Morgan fingerprint density at radius 3 is 2.53 bits per heavy atom. The fourth-order valence-corrected chi connectivity index (χ4v) is 1.52. The number of aromatic amines is 1. The van der Waals surface area contributed by atoms with Gasteiger partial charge in [0.1, 0.15) is 5.82 Å². The van der Waals surface area contributed by atoms with E-state index in [0.29, 0.717) is 12.2 Å². The lowest BCUT2D eigenvalue weighted by Crippen LogP contribution is -2.26. The molecule has 0 fully saturated rings. The molecule has 1 heterocycles. The molecule has 0 aliphatic carbocycles. The van der Waals surface area contributed by atoms with E-state index in [0.717, 1.165) is 0 Å². The Morgan fingerprint density at radius 1 is 1.53 bits per heavy atom. The molecule has 15 heavy (non-hydrogen) atoms. The number of rotatable bonds is 4. The van der Waals surface area contributed by atoms with Gasteiger partial charge in [-0.25, -0.2) is 13.4 Å². The topological polar surface area (TPSA) is 84.9 Å². The van der Waals surface area contributed by atoms with Crippen molar-refractivity contribution in [2.75, 3.05) is 7.11 Å². The van der Waals surface area contributed by atoms with Crippen LogP contribution in [0.2, 0.25) is 0 Å². The second-order valence-corrected chi connectivity index (χ2v) is 6.10. The Labute approximate surface area is 92.4 Å². The molecule has 0 radical (unpaired) electrons. The van der Waals surface area contributed by atoms with Crippen LogP contribution in [0.15, 0.2) is 5.16 Å². The van der Waals surface area contributed by atoms with Crippen molar-refractivity contribution in [2.24, 2.45) is 0 Å². The molecule has 0 spiro atoms. The molecule has 1 aromatic heterocycles. The zero-order chi connectivity index (χ0) is 11.7. The normalized spacial score (nSPS) is 13.1. The minimum Gasteiger partial charge on any atom is -0.378 e. The van der Waals surface area contributed by atoms with Gasteiger partial charge in [0.2, 0.25) is 0 Å². The number of nitrogens with zero attached hydrogens (tertiary/aromatic N) is 2. The van der Waals surface area contributed by atoms with Crippen LogP contribution in [0.3, 0.4) is 0 Å². The lowest BCUT2D eigenvalue weighted by Gasteiger charge is -2.20. The van der Waals surface area contributed by atoms with Crippen LogP contribution in [-0.2, 0) is 20.2 Å². The van der Waals surface area contributed by atoms with E-state index < -0.39 is 19.8 Å². The van der Waals surface area contributed by atoms with Crippen LogP contribution in [0.25, 0.3) is 0 Å². The maximum absolute atomic E-state index is 10.9. The highest BCUT2D eigenvalue weighted by atomic mass is 35.7. The largest absolute Gasteiger partial charge is 0.378 e. The summed E-state index contributed by atoms with van der Waals surface area (Å²) in [4.78, 5) is 3.75. The van der Waals surface area contributed by atoms with Gasteiger partial charge in [0.05, 0.1) is 5.60 Å². The Bertz CT molecular complexity index is 440. The van der Waals surface area contributed by atoms with Crippen molar-refractivity contribution in [3.05, 3.63) is 5.82 Å². The highest BCUT2D eigenvalue weighted by molar-refractivity contribution is 8.13. The molecule has 1 aromatic rings. The number of hydrogen-bond donors (Lipinski definition) is 1. The van der Waals surface area contributed by atoms with Crippen LogP contribution in [0, 0.1) is 0 Å². The van der Waals surface area contributed by atoms with Gasteiger partial charge in [-0.3, -0.25) is 5.10 Å². The molecule has 86 valence electrons. The SMILES string of the molecule is COC(C)(C)Cc1nc(S(=O)(=O)Cl)n[nH]1. The average Bonchev–Trinajstić information content (AvgIpc) is 2.51. The molecule has 0 aromatic carbocycles. The number of nitrogens with one attached hydrogen (secondary N) is 1. The van der Waals surface area contributed by atoms with Crippen molar-refractivity contribution in [1.29, 1.82) is 0 Å². The smallest absolute Gasteiger partial charge is 0.298 e. The highest BCUT2D eigenvalue weighted by Crippen LogP contribution is 2.15. The summed E-state index contributed by atoms with van der Waals surface area (Å²) >= 11 is 0. The number of hydrogen-bond acceptors (Lipinski definition) is 5. The third-order valence-corrected chi connectivity index (χ3v) is 2.91. The van der Waals surface area contributed by atoms with Gasteiger partial charge in [-0.2, -0.15) is 0 Å². The van der Waals surface area contributed by atoms with E-state index in [-0.39, 0.29) is 0 Å². The van der Waals surface area contributed by atoms with Gasteiger partial charge in [0.25, 0.3) is 14.2 Å². The minimum absolute atomic E-state index is 0.411. The second kappa shape index (κ2) is 4.07. The first-order valence-electron chi connectivity index (χ1n) is 4.16. The Kier molecular flexibility index (Phi) is 3.37. The predicted octanol–water partition coefficient (Wildman–Crippen LogP) is 0.700. The zero-order valence-corrected chi connectivity index (χ0v) is 10.2. The van der Waals surface area contributed by atoms with Crippen LogP contribution >= 0.6 is 10.7 Å². The maximum atomic E-state index is 10.9. The van der Waals surface area contributed by atoms with Crippen molar-refractivity contribution in [2.45, 2.75) is 31.0 Å². The summed E-state index contributed by atoms with van der Waals surface area (Å²) in [6, 6.07) is 0.